The molecule has 0 saturated heterocycles. The number of hydrogen-bond donors (Lipinski definition) is 1. The first-order valence-corrected chi connectivity index (χ1v) is 4.69. The van der Waals surface area contributed by atoms with E-state index in [1.165, 1.54) is 0 Å². The lowest BCUT2D eigenvalue weighted by atomic mass is 9.68. The van der Waals surface area contributed by atoms with Crippen LogP contribution in [-0.2, 0) is 10.2 Å². The van der Waals surface area contributed by atoms with E-state index in [2.05, 4.69) is 9.97 Å². The van der Waals surface area contributed by atoms with Gasteiger partial charge in [-0.05, 0) is 25.8 Å². The number of nitrogens with zero attached hydrogens (tertiary/aromatic N) is 2. The number of carboxylic acids is 1. The van der Waals surface area contributed by atoms with E-state index < -0.39 is 11.4 Å². The number of rotatable bonds is 2. The summed E-state index contributed by atoms with van der Waals surface area (Å²) < 4.78 is 0. The second-order valence-electron chi connectivity index (χ2n) is 3.76. The van der Waals surface area contributed by atoms with E-state index in [0.717, 1.165) is 12.1 Å². The largest absolute Gasteiger partial charge is 0.480 e. The molecule has 74 valence electrons. The van der Waals surface area contributed by atoms with Crippen LogP contribution < -0.4 is 0 Å². The van der Waals surface area contributed by atoms with Crippen LogP contribution in [0.25, 0.3) is 0 Å². The minimum atomic E-state index is -0.800. The first kappa shape index (κ1) is 9.12. The second-order valence-corrected chi connectivity index (χ2v) is 3.76. The van der Waals surface area contributed by atoms with Gasteiger partial charge in [-0.3, -0.25) is 4.79 Å². The topological polar surface area (TPSA) is 63.1 Å². The minimum Gasteiger partial charge on any atom is -0.480 e. The molecule has 0 aromatic carbocycles. The van der Waals surface area contributed by atoms with Crippen molar-refractivity contribution in [2.24, 2.45) is 0 Å². The molecule has 1 aromatic rings. The Kier molecular flexibility index (Phi) is 1.98. The molecule has 1 heterocycles. The summed E-state index contributed by atoms with van der Waals surface area (Å²) in [7, 11) is 0. The van der Waals surface area contributed by atoms with Gasteiger partial charge in [-0.15, -0.1) is 0 Å². The Morgan fingerprint density at radius 3 is 2.71 bits per heavy atom. The lowest BCUT2D eigenvalue weighted by molar-refractivity contribution is -0.147. The highest BCUT2D eigenvalue weighted by Gasteiger charge is 2.48. The van der Waals surface area contributed by atoms with Crippen molar-refractivity contribution in [3.8, 4) is 0 Å². The molecule has 1 N–H and O–H groups in total. The van der Waals surface area contributed by atoms with Gasteiger partial charge in [-0.25, -0.2) is 9.97 Å². The number of carboxylic acid groups (broad SMARTS) is 1. The number of aryl methyl sites for hydroxylation is 1. The highest BCUT2D eigenvalue weighted by Crippen LogP contribution is 2.42. The molecule has 0 bridgehead atoms. The van der Waals surface area contributed by atoms with E-state index in [1.807, 2.05) is 6.92 Å². The standard InChI is InChI=1S/C10H12N2O2/c1-7-3-6-11-8(12-7)10(9(13)14)4-2-5-10/h3,6H,2,4-5H2,1H3,(H,13,14). The molecule has 0 unspecified atom stereocenters. The van der Waals surface area contributed by atoms with Crippen LogP contribution in [-0.4, -0.2) is 21.0 Å². The predicted octanol–water partition coefficient (Wildman–Crippen LogP) is 1.29. The maximum atomic E-state index is 11.1. The van der Waals surface area contributed by atoms with Crippen molar-refractivity contribution in [3.63, 3.8) is 0 Å². The van der Waals surface area contributed by atoms with Crippen LogP contribution in [0.5, 0.6) is 0 Å². The van der Waals surface area contributed by atoms with E-state index >= 15 is 0 Å². The van der Waals surface area contributed by atoms with Gasteiger partial charge >= 0.3 is 5.97 Å². The Labute approximate surface area is 82.0 Å². The fourth-order valence-corrected chi connectivity index (χ4v) is 1.74. The summed E-state index contributed by atoms with van der Waals surface area (Å²) in [4.78, 5) is 19.4. The van der Waals surface area contributed by atoms with Crippen molar-refractivity contribution in [1.29, 1.82) is 0 Å². The summed E-state index contributed by atoms with van der Waals surface area (Å²) in [5.74, 6) is -0.328. The molecule has 0 radical (unpaired) electrons. The first-order valence-electron chi connectivity index (χ1n) is 4.69. The fraction of sp³-hybridized carbons (Fsp3) is 0.500. The van der Waals surface area contributed by atoms with Crippen LogP contribution in [0.1, 0.15) is 30.8 Å². The zero-order valence-electron chi connectivity index (χ0n) is 8.03. The Morgan fingerprint density at radius 2 is 2.29 bits per heavy atom. The fourth-order valence-electron chi connectivity index (χ4n) is 1.74. The van der Waals surface area contributed by atoms with Crippen LogP contribution >= 0.6 is 0 Å². The number of aliphatic carboxylic acids is 1. The normalized spacial score (nSPS) is 18.6. The average molecular weight is 192 g/mol. The highest BCUT2D eigenvalue weighted by molar-refractivity contribution is 5.81. The maximum absolute atomic E-state index is 11.1. The monoisotopic (exact) mass is 192 g/mol. The van der Waals surface area contributed by atoms with Crippen LogP contribution in [0.3, 0.4) is 0 Å². The molecule has 4 nitrogen and oxygen atoms in total. The molecule has 1 saturated carbocycles. The van der Waals surface area contributed by atoms with Gasteiger partial charge in [-0.1, -0.05) is 6.42 Å². The van der Waals surface area contributed by atoms with Crippen LogP contribution in [0.2, 0.25) is 0 Å². The number of aromatic nitrogens is 2. The zero-order chi connectivity index (χ0) is 10.2. The highest BCUT2D eigenvalue weighted by atomic mass is 16.4. The summed E-state index contributed by atoms with van der Waals surface area (Å²) >= 11 is 0. The second kappa shape index (κ2) is 3.04. The summed E-state index contributed by atoms with van der Waals surface area (Å²) in [5, 5.41) is 9.15. The van der Waals surface area contributed by atoms with E-state index in [1.54, 1.807) is 12.3 Å². The molecule has 2 rings (SSSR count). The smallest absolute Gasteiger partial charge is 0.317 e. The predicted molar refractivity (Wildman–Crippen MR) is 49.9 cm³/mol. The molecule has 1 aromatic heterocycles. The van der Waals surface area contributed by atoms with E-state index in [-0.39, 0.29) is 0 Å². The summed E-state index contributed by atoms with van der Waals surface area (Å²) in [5.41, 5.74) is 0.0222. The third-order valence-electron chi connectivity index (χ3n) is 2.84. The Hall–Kier alpha value is -1.45. The van der Waals surface area contributed by atoms with Gasteiger partial charge in [0.1, 0.15) is 11.2 Å². The van der Waals surface area contributed by atoms with Crippen molar-refractivity contribution in [3.05, 3.63) is 23.8 Å². The molecule has 1 fully saturated rings. The van der Waals surface area contributed by atoms with Gasteiger partial charge in [0.2, 0.25) is 0 Å². The molecular formula is C10H12N2O2. The van der Waals surface area contributed by atoms with Crippen LogP contribution in [0.15, 0.2) is 12.3 Å². The Balaban J connectivity index is 2.42. The van der Waals surface area contributed by atoms with Crippen molar-refractivity contribution in [2.75, 3.05) is 0 Å². The molecule has 1 aliphatic carbocycles. The Morgan fingerprint density at radius 1 is 1.57 bits per heavy atom. The first-order chi connectivity index (χ1) is 6.65. The zero-order valence-corrected chi connectivity index (χ0v) is 8.03. The maximum Gasteiger partial charge on any atom is 0.317 e. The van der Waals surface area contributed by atoms with Gasteiger partial charge in [0, 0.05) is 11.9 Å². The number of hydrogen-bond acceptors (Lipinski definition) is 3. The molecule has 0 spiro atoms. The third-order valence-corrected chi connectivity index (χ3v) is 2.84. The summed E-state index contributed by atoms with van der Waals surface area (Å²) in [6, 6.07) is 1.78. The van der Waals surface area contributed by atoms with Gasteiger partial charge < -0.3 is 5.11 Å². The average Bonchev–Trinajstić information content (AvgIpc) is 2.00. The van der Waals surface area contributed by atoms with Crippen LogP contribution in [0, 0.1) is 6.92 Å². The lowest BCUT2D eigenvalue weighted by Crippen LogP contribution is -2.43. The van der Waals surface area contributed by atoms with Crippen molar-refractivity contribution < 1.29 is 9.90 Å². The molecule has 0 aliphatic heterocycles. The van der Waals surface area contributed by atoms with E-state index in [0.29, 0.717) is 18.7 Å². The molecule has 14 heavy (non-hydrogen) atoms. The molecule has 4 heteroatoms. The van der Waals surface area contributed by atoms with Crippen molar-refractivity contribution >= 4 is 5.97 Å². The lowest BCUT2D eigenvalue weighted by Gasteiger charge is -2.35. The molecule has 1 aliphatic rings. The summed E-state index contributed by atoms with van der Waals surface area (Å²) in [6.45, 7) is 1.85. The van der Waals surface area contributed by atoms with E-state index in [4.69, 9.17) is 5.11 Å². The van der Waals surface area contributed by atoms with Crippen molar-refractivity contribution in [1.82, 2.24) is 9.97 Å². The quantitative estimate of drug-likeness (QED) is 0.766. The van der Waals surface area contributed by atoms with E-state index in [9.17, 15) is 4.79 Å². The van der Waals surface area contributed by atoms with Crippen molar-refractivity contribution in [2.45, 2.75) is 31.6 Å². The SMILES string of the molecule is Cc1ccnc(C2(C(=O)O)CCC2)n1. The van der Waals surface area contributed by atoms with Gasteiger partial charge in [0.05, 0.1) is 0 Å². The van der Waals surface area contributed by atoms with Gasteiger partial charge in [0.15, 0.2) is 0 Å². The molecular weight excluding hydrogens is 180 g/mol. The third kappa shape index (κ3) is 1.18. The van der Waals surface area contributed by atoms with Gasteiger partial charge in [-0.2, -0.15) is 0 Å². The summed E-state index contributed by atoms with van der Waals surface area (Å²) in [6.07, 6.45) is 3.89. The van der Waals surface area contributed by atoms with Gasteiger partial charge in [0.25, 0.3) is 0 Å². The van der Waals surface area contributed by atoms with Crippen LogP contribution in [0.4, 0.5) is 0 Å². The molecule has 0 amide bonds. The number of carbonyl (C=O) groups is 1. The molecule has 0 atom stereocenters. The minimum absolute atomic E-state index is 0.469. The Bertz CT molecular complexity index is 372.